The third-order valence-corrected chi connectivity index (χ3v) is 13.1. The second-order valence-corrected chi connectivity index (χ2v) is 19.9. The Balaban J connectivity index is 4.14. The lowest BCUT2D eigenvalue weighted by molar-refractivity contribution is -0.167. The molecule has 0 aromatic carbocycles. The highest BCUT2D eigenvalue weighted by molar-refractivity contribution is 5.71. The van der Waals surface area contributed by atoms with Gasteiger partial charge in [-0.15, -0.1) is 0 Å². The van der Waals surface area contributed by atoms with Crippen LogP contribution >= 0.6 is 0 Å². The molecule has 0 N–H and O–H groups in total. The van der Waals surface area contributed by atoms with Gasteiger partial charge >= 0.3 is 17.9 Å². The smallest absolute Gasteiger partial charge is 0.306 e. The Kier molecular flexibility index (Phi) is 54.8. The van der Waals surface area contributed by atoms with Gasteiger partial charge in [0.2, 0.25) is 0 Å². The fourth-order valence-corrected chi connectivity index (χ4v) is 8.67. The zero-order chi connectivity index (χ0) is 49.3. The Bertz CT molecular complexity index is 1190. The summed E-state index contributed by atoms with van der Waals surface area (Å²) in [6, 6.07) is 0. The number of esters is 3. The van der Waals surface area contributed by atoms with E-state index in [4.69, 9.17) is 14.2 Å². The molecule has 0 saturated heterocycles. The molecule has 0 aliphatic rings. The summed E-state index contributed by atoms with van der Waals surface area (Å²) in [6.07, 6.45) is 69.7. The second kappa shape index (κ2) is 57.0. The van der Waals surface area contributed by atoms with E-state index in [9.17, 15) is 14.4 Å². The van der Waals surface area contributed by atoms with Crippen LogP contribution in [0.1, 0.15) is 310 Å². The van der Waals surface area contributed by atoms with Gasteiger partial charge in [0.25, 0.3) is 0 Å². The second-order valence-electron chi connectivity index (χ2n) is 19.9. The molecule has 0 heterocycles. The zero-order valence-corrected chi connectivity index (χ0v) is 45.4. The number of unbranched alkanes of at least 4 members (excludes halogenated alkanes) is 35. The van der Waals surface area contributed by atoms with Crippen LogP contribution in [0.5, 0.6) is 0 Å². The highest BCUT2D eigenvalue weighted by Gasteiger charge is 2.19. The van der Waals surface area contributed by atoms with Crippen LogP contribution in [0, 0.1) is 0 Å². The van der Waals surface area contributed by atoms with E-state index in [1.54, 1.807) is 0 Å². The van der Waals surface area contributed by atoms with Crippen molar-refractivity contribution in [3.8, 4) is 0 Å². The van der Waals surface area contributed by atoms with Crippen molar-refractivity contribution >= 4 is 17.9 Å². The van der Waals surface area contributed by atoms with Crippen LogP contribution in [0.15, 0.2) is 48.6 Å². The minimum atomic E-state index is -0.767. The van der Waals surface area contributed by atoms with Crippen LogP contribution in [-0.4, -0.2) is 37.2 Å². The molecule has 0 aromatic rings. The van der Waals surface area contributed by atoms with Gasteiger partial charge in [-0.25, -0.2) is 0 Å². The minimum Gasteiger partial charge on any atom is -0.462 e. The van der Waals surface area contributed by atoms with E-state index in [-0.39, 0.29) is 31.1 Å². The molecule has 0 radical (unpaired) electrons. The van der Waals surface area contributed by atoms with Crippen LogP contribution in [0.4, 0.5) is 0 Å². The molecular formula is C62H112O6. The van der Waals surface area contributed by atoms with Crippen LogP contribution in [0.2, 0.25) is 0 Å². The highest BCUT2D eigenvalue weighted by Crippen LogP contribution is 2.17. The Morgan fingerprint density at radius 3 is 0.897 bits per heavy atom. The summed E-state index contributed by atoms with van der Waals surface area (Å²) in [5, 5.41) is 0. The Morgan fingerprint density at radius 1 is 0.309 bits per heavy atom. The maximum absolute atomic E-state index is 12.8. The van der Waals surface area contributed by atoms with Gasteiger partial charge in [0.05, 0.1) is 0 Å². The molecule has 1 atom stereocenters. The molecule has 0 rings (SSSR count). The number of ether oxygens (including phenoxy) is 3. The quantitative estimate of drug-likeness (QED) is 0.0262. The predicted molar refractivity (Wildman–Crippen MR) is 293 cm³/mol. The van der Waals surface area contributed by atoms with Gasteiger partial charge in [-0.3, -0.25) is 14.4 Å². The molecule has 0 aliphatic heterocycles. The lowest BCUT2D eigenvalue weighted by Gasteiger charge is -2.18. The van der Waals surface area contributed by atoms with Gasteiger partial charge in [-0.2, -0.15) is 0 Å². The fourth-order valence-electron chi connectivity index (χ4n) is 8.67. The van der Waals surface area contributed by atoms with Crippen LogP contribution in [-0.2, 0) is 28.6 Å². The number of carbonyl (C=O) groups excluding carboxylic acids is 3. The van der Waals surface area contributed by atoms with Crippen molar-refractivity contribution in [2.75, 3.05) is 13.2 Å². The summed E-state index contributed by atoms with van der Waals surface area (Å²) in [7, 11) is 0. The van der Waals surface area contributed by atoms with E-state index in [0.29, 0.717) is 19.3 Å². The summed E-state index contributed by atoms with van der Waals surface area (Å²) in [5.41, 5.74) is 0. The molecule has 396 valence electrons. The van der Waals surface area contributed by atoms with Crippen molar-refractivity contribution < 1.29 is 28.6 Å². The number of allylic oxidation sites excluding steroid dienone is 8. The molecular weight excluding hydrogens is 841 g/mol. The van der Waals surface area contributed by atoms with Gasteiger partial charge in [0, 0.05) is 19.3 Å². The number of hydrogen-bond donors (Lipinski definition) is 0. The molecule has 1 unspecified atom stereocenters. The van der Waals surface area contributed by atoms with Crippen LogP contribution in [0.3, 0.4) is 0 Å². The first-order valence-corrected chi connectivity index (χ1v) is 29.6. The first-order valence-electron chi connectivity index (χ1n) is 29.6. The average Bonchev–Trinajstić information content (AvgIpc) is 3.34. The maximum atomic E-state index is 12.8. The molecule has 0 amide bonds. The van der Waals surface area contributed by atoms with Gasteiger partial charge in [0.1, 0.15) is 13.2 Å². The highest BCUT2D eigenvalue weighted by atomic mass is 16.6. The van der Waals surface area contributed by atoms with Crippen molar-refractivity contribution in [1.29, 1.82) is 0 Å². The molecule has 6 nitrogen and oxygen atoms in total. The first-order chi connectivity index (χ1) is 33.5. The minimum absolute atomic E-state index is 0.0675. The summed E-state index contributed by atoms with van der Waals surface area (Å²) >= 11 is 0. The number of carbonyl (C=O) groups is 3. The zero-order valence-electron chi connectivity index (χ0n) is 45.4. The summed E-state index contributed by atoms with van der Waals surface area (Å²) in [5.74, 6) is -0.853. The largest absolute Gasteiger partial charge is 0.462 e. The Labute approximate surface area is 422 Å². The monoisotopic (exact) mass is 953 g/mol. The average molecular weight is 954 g/mol. The molecule has 6 heteroatoms. The van der Waals surface area contributed by atoms with Crippen LogP contribution < -0.4 is 0 Å². The van der Waals surface area contributed by atoms with Gasteiger partial charge < -0.3 is 14.2 Å². The summed E-state index contributed by atoms with van der Waals surface area (Å²) in [6.45, 7) is 6.55. The lowest BCUT2D eigenvalue weighted by Crippen LogP contribution is -2.30. The maximum Gasteiger partial charge on any atom is 0.306 e. The van der Waals surface area contributed by atoms with Crippen molar-refractivity contribution in [3.63, 3.8) is 0 Å². The van der Waals surface area contributed by atoms with E-state index in [2.05, 4.69) is 69.4 Å². The number of hydrogen-bond acceptors (Lipinski definition) is 6. The normalized spacial score (nSPS) is 12.3. The predicted octanol–water partition coefficient (Wildman–Crippen LogP) is 19.8. The third kappa shape index (κ3) is 54.3. The molecule has 0 spiro atoms. The molecule has 0 bridgehead atoms. The van der Waals surface area contributed by atoms with E-state index >= 15 is 0 Å². The van der Waals surface area contributed by atoms with E-state index in [1.165, 1.54) is 186 Å². The van der Waals surface area contributed by atoms with Crippen molar-refractivity contribution in [2.45, 2.75) is 316 Å². The summed E-state index contributed by atoms with van der Waals surface area (Å²) in [4.78, 5) is 38.0. The number of rotatable bonds is 54. The van der Waals surface area contributed by atoms with E-state index in [0.717, 1.165) is 83.5 Å². The van der Waals surface area contributed by atoms with Crippen LogP contribution in [0.25, 0.3) is 0 Å². The first kappa shape index (κ1) is 65.4. The molecule has 0 fully saturated rings. The molecule has 0 aliphatic carbocycles. The van der Waals surface area contributed by atoms with Gasteiger partial charge in [-0.1, -0.05) is 281 Å². The van der Waals surface area contributed by atoms with Gasteiger partial charge in [0.15, 0.2) is 6.10 Å². The SMILES string of the molecule is CC/C=C\C/C=C\C/C=C\C/C=C\CCCCCCCCCCCCCCCCC(=O)OCC(COC(=O)CCCCCCCCCCCC)OC(=O)CCCCCCCCCCCCCCC. The summed E-state index contributed by atoms with van der Waals surface area (Å²) < 4.78 is 16.8. The standard InChI is InChI=1S/C62H112O6/c1-4-7-10-13-16-19-22-24-25-26-27-28-29-30-31-32-33-34-35-36-37-39-40-43-46-49-52-55-61(64)67-58-59(57-66-60(63)54-51-48-45-42-21-18-15-12-9-6-3)68-62(65)56-53-50-47-44-41-38-23-20-17-14-11-8-5-2/h7,10,16,19,24-25,27-28,59H,4-6,8-9,11-15,17-18,20-23,26,29-58H2,1-3H3/b10-7-,19-16-,25-24-,28-27-. The molecule has 68 heavy (non-hydrogen) atoms. The van der Waals surface area contributed by atoms with Crippen molar-refractivity contribution in [1.82, 2.24) is 0 Å². The van der Waals surface area contributed by atoms with Crippen molar-refractivity contribution in [3.05, 3.63) is 48.6 Å². The third-order valence-electron chi connectivity index (χ3n) is 13.1. The van der Waals surface area contributed by atoms with Gasteiger partial charge in [-0.05, 0) is 57.8 Å². The topological polar surface area (TPSA) is 78.9 Å². The Morgan fingerprint density at radius 2 is 0.574 bits per heavy atom. The molecule has 0 aromatic heterocycles. The Hall–Kier alpha value is -2.63. The fraction of sp³-hybridized carbons (Fsp3) is 0.823. The van der Waals surface area contributed by atoms with E-state index in [1.807, 2.05) is 0 Å². The van der Waals surface area contributed by atoms with E-state index < -0.39 is 6.10 Å². The lowest BCUT2D eigenvalue weighted by atomic mass is 10.0. The van der Waals surface area contributed by atoms with Crippen molar-refractivity contribution in [2.24, 2.45) is 0 Å². The molecule has 0 saturated carbocycles.